The lowest BCUT2D eigenvalue weighted by atomic mass is 10.1. The van der Waals surface area contributed by atoms with Crippen LogP contribution in [-0.2, 0) is 4.74 Å². The van der Waals surface area contributed by atoms with Crippen LogP contribution in [0.4, 0.5) is 0 Å². The van der Waals surface area contributed by atoms with Crippen LogP contribution >= 0.6 is 0 Å². The quantitative estimate of drug-likeness (QED) is 0.869. The number of aromatic nitrogens is 3. The Morgan fingerprint density at radius 1 is 1.50 bits per heavy atom. The van der Waals surface area contributed by atoms with Gasteiger partial charge in [0.15, 0.2) is 0 Å². The minimum atomic E-state index is -0.940. The first-order valence-corrected chi connectivity index (χ1v) is 5.92. The summed E-state index contributed by atoms with van der Waals surface area (Å²) < 4.78 is 7.21. The van der Waals surface area contributed by atoms with Crippen molar-refractivity contribution in [1.82, 2.24) is 15.0 Å². The van der Waals surface area contributed by atoms with Gasteiger partial charge in [-0.2, -0.15) is 0 Å². The zero-order chi connectivity index (χ0) is 12.5. The second-order valence-electron chi connectivity index (χ2n) is 4.41. The van der Waals surface area contributed by atoms with Crippen LogP contribution in [0.5, 0.6) is 0 Å². The maximum absolute atomic E-state index is 11.0. The van der Waals surface area contributed by atoms with Crippen molar-refractivity contribution in [3.8, 4) is 0 Å². The SMILES string of the molecule is O=C(O)c1ccc2nnn(C3CCCOC3)c2c1. The molecule has 2 heterocycles. The smallest absolute Gasteiger partial charge is 0.335 e. The molecule has 1 fully saturated rings. The highest BCUT2D eigenvalue weighted by molar-refractivity contribution is 5.92. The molecule has 3 rings (SSSR count). The molecule has 0 bridgehead atoms. The van der Waals surface area contributed by atoms with Crippen molar-refractivity contribution >= 4 is 17.0 Å². The molecule has 1 aromatic heterocycles. The lowest BCUT2D eigenvalue weighted by molar-refractivity contribution is 0.0558. The summed E-state index contributed by atoms with van der Waals surface area (Å²) in [6.45, 7) is 1.39. The summed E-state index contributed by atoms with van der Waals surface area (Å²) in [5.74, 6) is -0.940. The second kappa shape index (κ2) is 4.38. The molecule has 0 saturated carbocycles. The van der Waals surface area contributed by atoms with Gasteiger partial charge in [-0.25, -0.2) is 9.48 Å². The van der Waals surface area contributed by atoms with Crippen molar-refractivity contribution in [1.29, 1.82) is 0 Å². The van der Waals surface area contributed by atoms with Crippen LogP contribution in [0.1, 0.15) is 29.2 Å². The predicted octanol–water partition coefficient (Wildman–Crippen LogP) is 1.48. The Labute approximate surface area is 103 Å². The van der Waals surface area contributed by atoms with Crippen LogP contribution in [0, 0.1) is 0 Å². The number of hydrogen-bond donors (Lipinski definition) is 1. The van der Waals surface area contributed by atoms with Gasteiger partial charge >= 0.3 is 5.97 Å². The number of carboxylic acids is 1. The largest absolute Gasteiger partial charge is 0.478 e. The first-order chi connectivity index (χ1) is 8.75. The van der Waals surface area contributed by atoms with E-state index in [9.17, 15) is 4.79 Å². The number of nitrogens with zero attached hydrogens (tertiary/aromatic N) is 3. The van der Waals surface area contributed by atoms with Crippen molar-refractivity contribution in [2.75, 3.05) is 13.2 Å². The van der Waals surface area contributed by atoms with Gasteiger partial charge in [0.1, 0.15) is 5.52 Å². The van der Waals surface area contributed by atoms with E-state index < -0.39 is 5.97 Å². The van der Waals surface area contributed by atoms with Crippen LogP contribution in [0.25, 0.3) is 11.0 Å². The van der Waals surface area contributed by atoms with E-state index in [0.717, 1.165) is 25.0 Å². The van der Waals surface area contributed by atoms with E-state index >= 15 is 0 Å². The van der Waals surface area contributed by atoms with Crippen LogP contribution in [0.2, 0.25) is 0 Å². The molecular formula is C12H13N3O3. The molecule has 0 aliphatic carbocycles. The fraction of sp³-hybridized carbons (Fsp3) is 0.417. The van der Waals surface area contributed by atoms with Gasteiger partial charge in [-0.05, 0) is 31.0 Å². The minimum absolute atomic E-state index is 0.146. The molecule has 1 aliphatic heterocycles. The molecule has 94 valence electrons. The number of carboxylic acid groups (broad SMARTS) is 1. The molecule has 1 aromatic carbocycles. The van der Waals surface area contributed by atoms with Crippen molar-refractivity contribution in [2.24, 2.45) is 0 Å². The fourth-order valence-electron chi connectivity index (χ4n) is 2.26. The van der Waals surface area contributed by atoms with E-state index in [1.807, 2.05) is 0 Å². The number of benzene rings is 1. The predicted molar refractivity (Wildman–Crippen MR) is 63.6 cm³/mol. The molecule has 6 nitrogen and oxygen atoms in total. The number of aromatic carboxylic acids is 1. The molecule has 18 heavy (non-hydrogen) atoms. The Kier molecular flexibility index (Phi) is 2.71. The van der Waals surface area contributed by atoms with Crippen LogP contribution in [0.15, 0.2) is 18.2 Å². The average Bonchev–Trinajstić information content (AvgIpc) is 2.82. The Bertz CT molecular complexity index is 587. The topological polar surface area (TPSA) is 77.2 Å². The van der Waals surface area contributed by atoms with Crippen LogP contribution in [-0.4, -0.2) is 39.3 Å². The molecular weight excluding hydrogens is 234 g/mol. The van der Waals surface area contributed by atoms with Crippen molar-refractivity contribution < 1.29 is 14.6 Å². The number of carbonyl (C=O) groups is 1. The molecule has 0 amide bonds. The molecule has 1 saturated heterocycles. The number of ether oxygens (including phenoxy) is 1. The molecule has 1 aliphatic rings. The highest BCUT2D eigenvalue weighted by Crippen LogP contribution is 2.23. The Balaban J connectivity index is 2.05. The maximum atomic E-state index is 11.0. The molecule has 0 radical (unpaired) electrons. The van der Waals surface area contributed by atoms with Crippen molar-refractivity contribution in [3.63, 3.8) is 0 Å². The molecule has 0 spiro atoms. The molecule has 6 heteroatoms. The van der Waals surface area contributed by atoms with E-state index in [4.69, 9.17) is 9.84 Å². The highest BCUT2D eigenvalue weighted by atomic mass is 16.5. The summed E-state index contributed by atoms with van der Waals surface area (Å²) in [6.07, 6.45) is 1.97. The van der Waals surface area contributed by atoms with Gasteiger partial charge in [0.2, 0.25) is 0 Å². The standard InChI is InChI=1S/C12H13N3O3/c16-12(17)8-3-4-10-11(6-8)15(14-13-10)9-2-1-5-18-7-9/h3-4,6,9H,1-2,5,7H2,(H,16,17). The summed E-state index contributed by atoms with van der Waals surface area (Å²) in [5.41, 5.74) is 1.72. The van der Waals surface area contributed by atoms with E-state index in [2.05, 4.69) is 10.3 Å². The zero-order valence-electron chi connectivity index (χ0n) is 9.74. The average molecular weight is 247 g/mol. The first-order valence-electron chi connectivity index (χ1n) is 5.92. The maximum Gasteiger partial charge on any atom is 0.335 e. The monoisotopic (exact) mass is 247 g/mol. The normalized spacial score (nSPS) is 20.1. The minimum Gasteiger partial charge on any atom is -0.478 e. The Hall–Kier alpha value is -1.95. The summed E-state index contributed by atoms with van der Waals surface area (Å²) in [6, 6.07) is 4.99. The van der Waals surface area contributed by atoms with Gasteiger partial charge in [0.05, 0.1) is 23.7 Å². The third-order valence-electron chi connectivity index (χ3n) is 3.20. The highest BCUT2D eigenvalue weighted by Gasteiger charge is 2.19. The van der Waals surface area contributed by atoms with Gasteiger partial charge in [-0.15, -0.1) is 5.10 Å². The summed E-state index contributed by atoms with van der Waals surface area (Å²) >= 11 is 0. The zero-order valence-corrected chi connectivity index (χ0v) is 9.74. The Morgan fingerprint density at radius 2 is 2.39 bits per heavy atom. The van der Waals surface area contributed by atoms with Crippen LogP contribution < -0.4 is 0 Å². The first kappa shape index (κ1) is 11.2. The number of fused-ring (bicyclic) bond motifs is 1. The Morgan fingerprint density at radius 3 is 3.11 bits per heavy atom. The molecule has 2 aromatic rings. The lowest BCUT2D eigenvalue weighted by Gasteiger charge is -2.22. The summed E-state index contributed by atoms with van der Waals surface area (Å²) in [5, 5.41) is 17.2. The van der Waals surface area contributed by atoms with Gasteiger partial charge in [-0.1, -0.05) is 5.21 Å². The second-order valence-corrected chi connectivity index (χ2v) is 4.41. The van der Waals surface area contributed by atoms with Gasteiger partial charge in [0, 0.05) is 6.61 Å². The van der Waals surface area contributed by atoms with E-state index in [-0.39, 0.29) is 11.6 Å². The molecule has 1 unspecified atom stereocenters. The van der Waals surface area contributed by atoms with Crippen LogP contribution in [0.3, 0.4) is 0 Å². The summed E-state index contributed by atoms with van der Waals surface area (Å²) in [7, 11) is 0. The number of hydrogen-bond acceptors (Lipinski definition) is 4. The molecule has 1 N–H and O–H groups in total. The summed E-state index contributed by atoms with van der Waals surface area (Å²) in [4.78, 5) is 11.0. The van der Waals surface area contributed by atoms with E-state index in [1.165, 1.54) is 0 Å². The molecule has 1 atom stereocenters. The van der Waals surface area contributed by atoms with Gasteiger partial charge in [-0.3, -0.25) is 0 Å². The third-order valence-corrected chi connectivity index (χ3v) is 3.20. The fourth-order valence-corrected chi connectivity index (χ4v) is 2.26. The van der Waals surface area contributed by atoms with Crippen molar-refractivity contribution in [2.45, 2.75) is 18.9 Å². The van der Waals surface area contributed by atoms with Gasteiger partial charge in [0.25, 0.3) is 0 Å². The van der Waals surface area contributed by atoms with Crippen molar-refractivity contribution in [3.05, 3.63) is 23.8 Å². The lowest BCUT2D eigenvalue weighted by Crippen LogP contribution is -2.22. The van der Waals surface area contributed by atoms with E-state index in [1.54, 1.807) is 22.9 Å². The van der Waals surface area contributed by atoms with E-state index in [0.29, 0.717) is 12.1 Å². The number of rotatable bonds is 2. The van der Waals surface area contributed by atoms with Gasteiger partial charge < -0.3 is 9.84 Å². The third kappa shape index (κ3) is 1.84.